The molecule has 2 saturated carbocycles. The quantitative estimate of drug-likeness (QED) is 0.803. The van der Waals surface area contributed by atoms with E-state index >= 15 is 0 Å². The van der Waals surface area contributed by atoms with Crippen molar-refractivity contribution in [2.45, 2.75) is 81.5 Å². The molecule has 108 valence electrons. The number of ether oxygens (including phenoxy) is 1. The first-order valence-corrected chi connectivity index (χ1v) is 7.79. The molecule has 1 heterocycles. The Kier molecular flexibility index (Phi) is 3.56. The largest absolute Gasteiger partial charge is 0.380 e. The van der Waals surface area contributed by atoms with Crippen molar-refractivity contribution < 1.29 is 14.6 Å². The minimum Gasteiger partial charge on any atom is -0.380 e. The fraction of sp³-hybridized carbons (Fsp3) is 0.933. The van der Waals surface area contributed by atoms with Gasteiger partial charge in [0.2, 0.25) is 0 Å². The zero-order chi connectivity index (χ0) is 13.3. The summed E-state index contributed by atoms with van der Waals surface area (Å²) in [5.74, 6) is -0.148. The van der Waals surface area contributed by atoms with E-state index in [1.165, 1.54) is 12.8 Å². The first kappa shape index (κ1) is 13.4. The molecule has 3 fully saturated rings. The molecule has 0 aromatic heterocycles. The number of carbonyl (C=O) groups excluding carboxylic acids is 1. The highest BCUT2D eigenvalue weighted by molar-refractivity contribution is 5.85. The molecular weight excluding hydrogens is 242 g/mol. The van der Waals surface area contributed by atoms with Crippen LogP contribution in [0.3, 0.4) is 0 Å². The van der Waals surface area contributed by atoms with Gasteiger partial charge in [0.1, 0.15) is 5.60 Å². The Morgan fingerprint density at radius 3 is 2.42 bits per heavy atom. The van der Waals surface area contributed by atoms with Crippen LogP contribution in [-0.4, -0.2) is 34.9 Å². The molecule has 1 aliphatic heterocycles. The maximum absolute atomic E-state index is 12.2. The van der Waals surface area contributed by atoms with Crippen LogP contribution >= 0.6 is 0 Å². The van der Waals surface area contributed by atoms with Crippen LogP contribution in [0, 0.1) is 0 Å². The van der Waals surface area contributed by atoms with E-state index in [1.54, 1.807) is 0 Å². The zero-order valence-corrected chi connectivity index (χ0v) is 11.6. The van der Waals surface area contributed by atoms with E-state index in [4.69, 9.17) is 4.74 Å². The number of nitrogens with one attached hydrogen (secondary N) is 1. The molecule has 0 aromatic carbocycles. The van der Waals surface area contributed by atoms with Gasteiger partial charge in [-0.1, -0.05) is 12.8 Å². The molecule has 1 atom stereocenters. The van der Waals surface area contributed by atoms with Gasteiger partial charge in [-0.15, -0.1) is 0 Å². The molecule has 19 heavy (non-hydrogen) atoms. The van der Waals surface area contributed by atoms with Crippen molar-refractivity contribution >= 4 is 5.91 Å². The van der Waals surface area contributed by atoms with E-state index in [2.05, 4.69) is 5.32 Å². The van der Waals surface area contributed by atoms with Crippen LogP contribution in [0.25, 0.3) is 0 Å². The molecule has 2 aliphatic carbocycles. The van der Waals surface area contributed by atoms with Gasteiger partial charge in [0, 0.05) is 12.6 Å². The molecule has 1 spiro atoms. The van der Waals surface area contributed by atoms with Crippen molar-refractivity contribution in [3.8, 4) is 0 Å². The maximum atomic E-state index is 12.2. The van der Waals surface area contributed by atoms with Crippen LogP contribution in [0.15, 0.2) is 0 Å². The normalized spacial score (nSPS) is 32.6. The lowest BCUT2D eigenvalue weighted by atomic mass is 9.88. The summed E-state index contributed by atoms with van der Waals surface area (Å²) in [5.41, 5.74) is -1.07. The number of carbonyl (C=O) groups is 1. The third kappa shape index (κ3) is 2.65. The highest BCUT2D eigenvalue weighted by atomic mass is 16.5. The average Bonchev–Trinajstić information content (AvgIpc) is 3.00. The van der Waals surface area contributed by atoms with E-state index in [9.17, 15) is 9.90 Å². The van der Waals surface area contributed by atoms with E-state index in [0.717, 1.165) is 45.1 Å². The first-order chi connectivity index (χ1) is 9.12. The highest BCUT2D eigenvalue weighted by Crippen LogP contribution is 2.40. The molecule has 4 nitrogen and oxygen atoms in total. The summed E-state index contributed by atoms with van der Waals surface area (Å²) < 4.78 is 5.98. The maximum Gasteiger partial charge on any atom is 0.252 e. The molecule has 1 saturated heterocycles. The molecule has 3 rings (SSSR count). The fourth-order valence-corrected chi connectivity index (χ4v) is 4.03. The van der Waals surface area contributed by atoms with Gasteiger partial charge in [-0.3, -0.25) is 4.79 Å². The Morgan fingerprint density at radius 2 is 1.74 bits per heavy atom. The predicted octanol–water partition coefficient (Wildman–Crippen LogP) is 1.90. The summed E-state index contributed by atoms with van der Waals surface area (Å²) in [5, 5.41) is 13.4. The lowest BCUT2D eigenvalue weighted by Gasteiger charge is -2.39. The predicted molar refractivity (Wildman–Crippen MR) is 71.7 cm³/mol. The Hall–Kier alpha value is -0.610. The van der Waals surface area contributed by atoms with Crippen LogP contribution in [0.1, 0.15) is 64.2 Å². The van der Waals surface area contributed by atoms with Gasteiger partial charge < -0.3 is 15.2 Å². The number of aliphatic hydroxyl groups is 1. The summed E-state index contributed by atoms with van der Waals surface area (Å²) in [6, 6.07) is 0.184. The first-order valence-electron chi connectivity index (χ1n) is 7.79. The van der Waals surface area contributed by atoms with Crippen molar-refractivity contribution in [1.82, 2.24) is 5.32 Å². The van der Waals surface area contributed by atoms with Crippen molar-refractivity contribution in [2.24, 2.45) is 0 Å². The number of hydrogen-bond acceptors (Lipinski definition) is 3. The third-order valence-electron chi connectivity index (χ3n) is 5.20. The summed E-state index contributed by atoms with van der Waals surface area (Å²) in [7, 11) is 0. The number of hydrogen-bond donors (Lipinski definition) is 2. The SMILES string of the molecule is O=C(NC1CCOC2(CCCC2)C1)C1(O)CCCC1. The van der Waals surface area contributed by atoms with Gasteiger partial charge >= 0.3 is 0 Å². The van der Waals surface area contributed by atoms with E-state index < -0.39 is 5.60 Å². The molecular formula is C15H25NO3. The monoisotopic (exact) mass is 267 g/mol. The summed E-state index contributed by atoms with van der Waals surface area (Å²) in [6.07, 6.45) is 9.70. The number of amides is 1. The van der Waals surface area contributed by atoms with Crippen molar-refractivity contribution in [2.75, 3.05) is 6.61 Å². The van der Waals surface area contributed by atoms with Crippen LogP contribution in [0.4, 0.5) is 0 Å². The second kappa shape index (κ2) is 5.06. The topological polar surface area (TPSA) is 58.6 Å². The average molecular weight is 267 g/mol. The lowest BCUT2D eigenvalue weighted by molar-refractivity contribution is -0.142. The van der Waals surface area contributed by atoms with E-state index in [0.29, 0.717) is 12.8 Å². The van der Waals surface area contributed by atoms with Crippen molar-refractivity contribution in [1.29, 1.82) is 0 Å². The van der Waals surface area contributed by atoms with Gasteiger partial charge in [-0.05, 0) is 51.4 Å². The van der Waals surface area contributed by atoms with Crippen LogP contribution in [-0.2, 0) is 9.53 Å². The second-order valence-corrected chi connectivity index (χ2v) is 6.64. The molecule has 0 aromatic rings. The highest BCUT2D eigenvalue weighted by Gasteiger charge is 2.43. The van der Waals surface area contributed by atoms with Gasteiger partial charge in [-0.25, -0.2) is 0 Å². The Bertz CT molecular complexity index is 343. The van der Waals surface area contributed by atoms with Crippen molar-refractivity contribution in [3.63, 3.8) is 0 Å². The molecule has 2 N–H and O–H groups in total. The third-order valence-corrected chi connectivity index (χ3v) is 5.20. The second-order valence-electron chi connectivity index (χ2n) is 6.64. The molecule has 0 radical (unpaired) electrons. The molecule has 1 amide bonds. The molecule has 1 unspecified atom stereocenters. The van der Waals surface area contributed by atoms with E-state index in [-0.39, 0.29) is 17.6 Å². The minimum absolute atomic E-state index is 0.0223. The standard InChI is InChI=1S/C15H25NO3/c17-13(15(18)8-3-4-9-15)16-12-5-10-19-14(11-12)6-1-2-7-14/h12,18H,1-11H2,(H,16,17). The summed E-state index contributed by atoms with van der Waals surface area (Å²) in [6.45, 7) is 0.739. The molecule has 4 heteroatoms. The smallest absolute Gasteiger partial charge is 0.252 e. The van der Waals surface area contributed by atoms with Gasteiger partial charge in [0.15, 0.2) is 0 Å². The van der Waals surface area contributed by atoms with Gasteiger partial charge in [0.25, 0.3) is 5.91 Å². The van der Waals surface area contributed by atoms with Crippen molar-refractivity contribution in [3.05, 3.63) is 0 Å². The van der Waals surface area contributed by atoms with Crippen LogP contribution in [0.2, 0.25) is 0 Å². The van der Waals surface area contributed by atoms with Crippen LogP contribution < -0.4 is 5.32 Å². The number of rotatable bonds is 2. The Labute approximate surface area is 114 Å². The van der Waals surface area contributed by atoms with Crippen LogP contribution in [0.5, 0.6) is 0 Å². The van der Waals surface area contributed by atoms with Gasteiger partial charge in [-0.2, -0.15) is 0 Å². The lowest BCUT2D eigenvalue weighted by Crippen LogP contribution is -2.53. The fourth-order valence-electron chi connectivity index (χ4n) is 4.03. The summed E-state index contributed by atoms with van der Waals surface area (Å²) >= 11 is 0. The Morgan fingerprint density at radius 1 is 1.11 bits per heavy atom. The minimum atomic E-state index is -1.10. The van der Waals surface area contributed by atoms with Gasteiger partial charge in [0.05, 0.1) is 5.60 Å². The van der Waals surface area contributed by atoms with E-state index in [1.807, 2.05) is 0 Å². The summed E-state index contributed by atoms with van der Waals surface area (Å²) in [4.78, 5) is 12.2. The zero-order valence-electron chi connectivity index (χ0n) is 11.6. The Balaban J connectivity index is 1.58. The molecule has 0 bridgehead atoms. The molecule has 3 aliphatic rings.